The molecule has 0 aliphatic carbocycles. The molecule has 2 aromatic rings. The Morgan fingerprint density at radius 3 is 2.61 bits per heavy atom. The molecule has 0 saturated carbocycles. The highest BCUT2D eigenvalue weighted by Gasteiger charge is 2.08. The molecule has 0 fully saturated rings. The van der Waals surface area contributed by atoms with Crippen molar-refractivity contribution in [2.45, 2.75) is 6.42 Å². The highest BCUT2D eigenvalue weighted by atomic mass is 16.4. The zero-order chi connectivity index (χ0) is 16.8. The molecule has 0 radical (unpaired) electrons. The standard InChI is InChI=1S/C16H18N4O3/c1-20(2)15(21)12-5-3-4-11(8-12)6-7-17-14-10-18-13(9-19-14)16(22)23/h3-5,8-10H,6-7H2,1-2H3,(H,17,19)(H,22,23). The molecule has 2 rings (SSSR count). The predicted molar refractivity (Wildman–Crippen MR) is 85.6 cm³/mol. The third-order valence-electron chi connectivity index (χ3n) is 3.17. The smallest absolute Gasteiger partial charge is 0.356 e. The zero-order valence-corrected chi connectivity index (χ0v) is 13.0. The number of aromatic nitrogens is 2. The van der Waals surface area contributed by atoms with Crippen LogP contribution in [0.4, 0.5) is 5.82 Å². The van der Waals surface area contributed by atoms with Crippen LogP contribution in [0.25, 0.3) is 0 Å². The van der Waals surface area contributed by atoms with Gasteiger partial charge in [0.15, 0.2) is 5.69 Å². The van der Waals surface area contributed by atoms with Gasteiger partial charge in [-0.05, 0) is 24.1 Å². The summed E-state index contributed by atoms with van der Waals surface area (Å²) in [7, 11) is 3.44. The first kappa shape index (κ1) is 16.4. The van der Waals surface area contributed by atoms with Gasteiger partial charge in [-0.1, -0.05) is 12.1 Å². The molecule has 0 atom stereocenters. The first-order chi connectivity index (χ1) is 11.0. The van der Waals surface area contributed by atoms with Gasteiger partial charge in [0.1, 0.15) is 5.82 Å². The van der Waals surface area contributed by atoms with Gasteiger partial charge in [0.05, 0.1) is 12.4 Å². The molecule has 1 aromatic heterocycles. The third kappa shape index (κ3) is 4.50. The lowest BCUT2D eigenvalue weighted by molar-refractivity contribution is 0.0689. The maximum Gasteiger partial charge on any atom is 0.356 e. The van der Waals surface area contributed by atoms with E-state index in [1.54, 1.807) is 20.2 Å². The molecule has 23 heavy (non-hydrogen) atoms. The van der Waals surface area contributed by atoms with Crippen LogP contribution in [0.3, 0.4) is 0 Å². The summed E-state index contributed by atoms with van der Waals surface area (Å²) >= 11 is 0. The number of aromatic carboxylic acids is 1. The minimum absolute atomic E-state index is 0.0325. The Bertz CT molecular complexity index is 699. The minimum atomic E-state index is -1.11. The van der Waals surface area contributed by atoms with Crippen molar-refractivity contribution in [3.8, 4) is 0 Å². The molecule has 2 N–H and O–H groups in total. The van der Waals surface area contributed by atoms with E-state index < -0.39 is 5.97 Å². The van der Waals surface area contributed by atoms with Crippen LogP contribution in [-0.2, 0) is 6.42 Å². The molecule has 0 spiro atoms. The van der Waals surface area contributed by atoms with Crippen molar-refractivity contribution in [1.82, 2.24) is 14.9 Å². The van der Waals surface area contributed by atoms with Crippen LogP contribution < -0.4 is 5.32 Å². The van der Waals surface area contributed by atoms with E-state index in [9.17, 15) is 9.59 Å². The summed E-state index contributed by atoms with van der Waals surface area (Å²) in [5.74, 6) is -0.628. The summed E-state index contributed by atoms with van der Waals surface area (Å²) < 4.78 is 0. The van der Waals surface area contributed by atoms with Gasteiger partial charge < -0.3 is 15.3 Å². The number of nitrogens with zero attached hydrogens (tertiary/aromatic N) is 3. The van der Waals surface area contributed by atoms with E-state index in [0.29, 0.717) is 24.3 Å². The Labute approximate surface area is 134 Å². The predicted octanol–water partition coefficient (Wildman–Crippen LogP) is 1.53. The summed E-state index contributed by atoms with van der Waals surface area (Å²) in [6.45, 7) is 0.598. The Morgan fingerprint density at radius 2 is 2.00 bits per heavy atom. The van der Waals surface area contributed by atoms with Crippen molar-refractivity contribution >= 4 is 17.7 Å². The molecular weight excluding hydrogens is 296 g/mol. The van der Waals surface area contributed by atoms with Crippen LogP contribution in [0.2, 0.25) is 0 Å². The lowest BCUT2D eigenvalue weighted by Crippen LogP contribution is -2.21. The fraction of sp³-hybridized carbons (Fsp3) is 0.250. The molecule has 7 heteroatoms. The van der Waals surface area contributed by atoms with E-state index in [0.717, 1.165) is 5.56 Å². The first-order valence-electron chi connectivity index (χ1n) is 7.07. The Balaban J connectivity index is 1.92. The maximum absolute atomic E-state index is 11.9. The van der Waals surface area contributed by atoms with Gasteiger partial charge in [0.25, 0.3) is 5.91 Å². The number of nitrogens with one attached hydrogen (secondary N) is 1. The molecule has 0 aliphatic heterocycles. The van der Waals surface area contributed by atoms with E-state index in [2.05, 4.69) is 15.3 Å². The van der Waals surface area contributed by atoms with E-state index in [1.807, 2.05) is 18.2 Å². The number of hydrogen-bond acceptors (Lipinski definition) is 5. The Hall–Kier alpha value is -2.96. The second kappa shape index (κ2) is 7.35. The van der Waals surface area contributed by atoms with Crippen LogP contribution in [0, 0.1) is 0 Å². The number of hydrogen-bond donors (Lipinski definition) is 2. The Morgan fingerprint density at radius 1 is 1.22 bits per heavy atom. The van der Waals surface area contributed by atoms with Gasteiger partial charge in [-0.25, -0.2) is 14.8 Å². The third-order valence-corrected chi connectivity index (χ3v) is 3.17. The van der Waals surface area contributed by atoms with Crippen molar-refractivity contribution < 1.29 is 14.7 Å². The van der Waals surface area contributed by atoms with Crippen molar-refractivity contribution in [1.29, 1.82) is 0 Å². The number of carboxylic acid groups (broad SMARTS) is 1. The molecule has 7 nitrogen and oxygen atoms in total. The quantitative estimate of drug-likeness (QED) is 0.839. The lowest BCUT2D eigenvalue weighted by Gasteiger charge is -2.11. The van der Waals surface area contributed by atoms with E-state index >= 15 is 0 Å². The average molecular weight is 314 g/mol. The fourth-order valence-corrected chi connectivity index (χ4v) is 1.98. The van der Waals surface area contributed by atoms with Gasteiger partial charge in [0, 0.05) is 26.2 Å². The van der Waals surface area contributed by atoms with Crippen LogP contribution in [-0.4, -0.2) is 52.5 Å². The largest absolute Gasteiger partial charge is 0.476 e. The van der Waals surface area contributed by atoms with Crippen LogP contribution in [0.1, 0.15) is 26.4 Å². The molecule has 0 bridgehead atoms. The van der Waals surface area contributed by atoms with E-state index in [-0.39, 0.29) is 11.6 Å². The van der Waals surface area contributed by atoms with Crippen molar-refractivity contribution in [3.63, 3.8) is 0 Å². The summed E-state index contributed by atoms with van der Waals surface area (Å²) in [6, 6.07) is 7.46. The lowest BCUT2D eigenvalue weighted by atomic mass is 10.1. The summed E-state index contributed by atoms with van der Waals surface area (Å²) in [6.07, 6.45) is 3.30. The van der Waals surface area contributed by atoms with Gasteiger partial charge in [-0.15, -0.1) is 0 Å². The number of carbonyl (C=O) groups excluding carboxylic acids is 1. The molecule has 120 valence electrons. The number of carbonyl (C=O) groups is 2. The van der Waals surface area contributed by atoms with E-state index in [4.69, 9.17) is 5.11 Å². The molecular formula is C16H18N4O3. The number of carboxylic acids is 1. The van der Waals surface area contributed by atoms with Crippen LogP contribution >= 0.6 is 0 Å². The molecule has 0 aliphatic rings. The number of rotatable bonds is 6. The highest BCUT2D eigenvalue weighted by molar-refractivity contribution is 5.94. The Kier molecular flexibility index (Phi) is 5.24. The summed E-state index contributed by atoms with van der Waals surface area (Å²) in [5, 5.41) is 11.8. The second-order valence-electron chi connectivity index (χ2n) is 5.17. The molecule has 1 amide bonds. The summed E-state index contributed by atoms with van der Waals surface area (Å²) in [4.78, 5) is 31.9. The molecule has 1 heterocycles. The SMILES string of the molecule is CN(C)C(=O)c1cccc(CCNc2cnc(C(=O)O)cn2)c1. The normalized spacial score (nSPS) is 10.2. The molecule has 1 aromatic carbocycles. The molecule has 0 unspecified atom stereocenters. The van der Waals surface area contributed by atoms with Crippen molar-refractivity contribution in [3.05, 3.63) is 53.5 Å². The van der Waals surface area contributed by atoms with Gasteiger partial charge in [0.2, 0.25) is 0 Å². The first-order valence-corrected chi connectivity index (χ1v) is 7.07. The van der Waals surface area contributed by atoms with Gasteiger partial charge in [-0.3, -0.25) is 4.79 Å². The maximum atomic E-state index is 11.9. The second-order valence-corrected chi connectivity index (χ2v) is 5.17. The number of anilines is 1. The highest BCUT2D eigenvalue weighted by Crippen LogP contribution is 2.09. The van der Waals surface area contributed by atoms with Crippen molar-refractivity contribution in [2.24, 2.45) is 0 Å². The van der Waals surface area contributed by atoms with Crippen molar-refractivity contribution in [2.75, 3.05) is 26.0 Å². The number of benzene rings is 1. The number of amides is 1. The summed E-state index contributed by atoms with van der Waals surface area (Å²) in [5.41, 5.74) is 1.59. The monoisotopic (exact) mass is 314 g/mol. The fourth-order valence-electron chi connectivity index (χ4n) is 1.98. The molecule has 0 saturated heterocycles. The van der Waals surface area contributed by atoms with Crippen LogP contribution in [0.15, 0.2) is 36.7 Å². The minimum Gasteiger partial charge on any atom is -0.476 e. The van der Waals surface area contributed by atoms with Crippen LogP contribution in [0.5, 0.6) is 0 Å². The van der Waals surface area contributed by atoms with E-state index in [1.165, 1.54) is 17.3 Å². The topological polar surface area (TPSA) is 95.4 Å². The average Bonchev–Trinajstić information content (AvgIpc) is 2.55. The van der Waals surface area contributed by atoms with Gasteiger partial charge in [-0.2, -0.15) is 0 Å². The van der Waals surface area contributed by atoms with Gasteiger partial charge >= 0.3 is 5.97 Å². The zero-order valence-electron chi connectivity index (χ0n) is 13.0.